The summed E-state index contributed by atoms with van der Waals surface area (Å²) in [5.41, 5.74) is 2.37. The molecule has 0 aliphatic rings. The van der Waals surface area contributed by atoms with Crippen LogP contribution < -0.4 is 0 Å². The van der Waals surface area contributed by atoms with Crippen molar-refractivity contribution in [3.8, 4) is 0 Å². The highest BCUT2D eigenvalue weighted by Crippen LogP contribution is 2.19. The van der Waals surface area contributed by atoms with Gasteiger partial charge in [-0.1, -0.05) is 56.4 Å². The maximum Gasteiger partial charge on any atom is 0.144 e. The fraction of sp³-hybridized carbons (Fsp3) is 0.333. The maximum absolute atomic E-state index is 5.32. The molecule has 0 unspecified atom stereocenters. The van der Waals surface area contributed by atoms with Crippen molar-refractivity contribution in [3.05, 3.63) is 56.5 Å². The minimum Gasteiger partial charge on any atom is -0.346 e. The largest absolute Gasteiger partial charge is 0.346 e. The SMILES string of the molecule is CC(C)Cc1[nH]c(Cc2ccccc2)nc(=S)c1Br. The Morgan fingerprint density at radius 2 is 1.95 bits per heavy atom. The van der Waals surface area contributed by atoms with Gasteiger partial charge in [0.15, 0.2) is 0 Å². The topological polar surface area (TPSA) is 28.7 Å². The van der Waals surface area contributed by atoms with Gasteiger partial charge in [0.2, 0.25) is 0 Å². The predicted molar refractivity (Wildman–Crippen MR) is 84.9 cm³/mol. The first-order chi connectivity index (χ1) is 9.06. The van der Waals surface area contributed by atoms with Crippen LogP contribution in [0, 0.1) is 10.6 Å². The summed E-state index contributed by atoms with van der Waals surface area (Å²) in [6.45, 7) is 4.39. The maximum atomic E-state index is 5.32. The van der Waals surface area contributed by atoms with E-state index in [2.05, 4.69) is 51.9 Å². The summed E-state index contributed by atoms with van der Waals surface area (Å²) < 4.78 is 1.56. The van der Waals surface area contributed by atoms with E-state index in [1.165, 1.54) is 5.56 Å². The van der Waals surface area contributed by atoms with Gasteiger partial charge in [-0.2, -0.15) is 0 Å². The number of halogens is 1. The fourth-order valence-electron chi connectivity index (χ4n) is 1.98. The average molecular weight is 337 g/mol. The Balaban J connectivity index is 2.32. The molecule has 4 heteroatoms. The molecule has 1 heterocycles. The number of hydrogen-bond donors (Lipinski definition) is 1. The summed E-state index contributed by atoms with van der Waals surface area (Å²) in [5, 5.41) is 0. The normalized spacial score (nSPS) is 10.9. The Morgan fingerprint density at radius 3 is 2.58 bits per heavy atom. The van der Waals surface area contributed by atoms with Crippen molar-refractivity contribution in [2.75, 3.05) is 0 Å². The Hall–Kier alpha value is -1.00. The lowest BCUT2D eigenvalue weighted by Crippen LogP contribution is -2.05. The Kier molecular flexibility index (Phi) is 4.88. The summed E-state index contributed by atoms with van der Waals surface area (Å²) in [7, 11) is 0. The highest BCUT2D eigenvalue weighted by molar-refractivity contribution is 9.10. The van der Waals surface area contributed by atoms with Crippen LogP contribution >= 0.6 is 28.1 Å². The van der Waals surface area contributed by atoms with Gasteiger partial charge in [0.1, 0.15) is 10.5 Å². The van der Waals surface area contributed by atoms with Gasteiger partial charge in [0.05, 0.1) is 4.47 Å². The summed E-state index contributed by atoms with van der Waals surface area (Å²) in [6.07, 6.45) is 1.75. The Morgan fingerprint density at radius 1 is 1.26 bits per heavy atom. The molecule has 1 N–H and O–H groups in total. The van der Waals surface area contributed by atoms with Crippen molar-refractivity contribution >= 4 is 28.1 Å². The van der Waals surface area contributed by atoms with E-state index in [9.17, 15) is 0 Å². The van der Waals surface area contributed by atoms with Crippen LogP contribution in [-0.2, 0) is 12.8 Å². The van der Waals surface area contributed by atoms with Gasteiger partial charge in [-0.05, 0) is 33.8 Å². The van der Waals surface area contributed by atoms with Crippen LogP contribution in [0.1, 0.15) is 30.9 Å². The van der Waals surface area contributed by atoms with Gasteiger partial charge in [-0.15, -0.1) is 0 Å². The highest BCUT2D eigenvalue weighted by Gasteiger charge is 2.08. The van der Waals surface area contributed by atoms with Gasteiger partial charge in [-0.25, -0.2) is 4.98 Å². The molecule has 0 saturated carbocycles. The molecule has 19 heavy (non-hydrogen) atoms. The van der Waals surface area contributed by atoms with Crippen molar-refractivity contribution in [3.63, 3.8) is 0 Å². The molecule has 0 aliphatic carbocycles. The fourth-order valence-corrected chi connectivity index (χ4v) is 2.56. The molecule has 100 valence electrons. The van der Waals surface area contributed by atoms with Crippen LogP contribution in [0.5, 0.6) is 0 Å². The third kappa shape index (κ3) is 3.98. The highest BCUT2D eigenvalue weighted by atomic mass is 79.9. The molecule has 0 amide bonds. The van der Waals surface area contributed by atoms with Crippen molar-refractivity contribution < 1.29 is 0 Å². The first-order valence-electron chi connectivity index (χ1n) is 6.37. The van der Waals surface area contributed by atoms with E-state index in [0.29, 0.717) is 10.6 Å². The summed E-state index contributed by atoms with van der Waals surface area (Å²) in [6, 6.07) is 10.3. The van der Waals surface area contributed by atoms with E-state index in [4.69, 9.17) is 12.2 Å². The summed E-state index contributed by atoms with van der Waals surface area (Å²) >= 11 is 8.85. The third-order valence-corrected chi connectivity index (χ3v) is 4.22. The lowest BCUT2D eigenvalue weighted by Gasteiger charge is -2.10. The van der Waals surface area contributed by atoms with E-state index < -0.39 is 0 Å². The van der Waals surface area contributed by atoms with Crippen molar-refractivity contribution in [2.24, 2.45) is 5.92 Å². The molecule has 0 spiro atoms. The molecule has 0 atom stereocenters. The quantitative estimate of drug-likeness (QED) is 0.820. The van der Waals surface area contributed by atoms with E-state index in [-0.39, 0.29) is 0 Å². The average Bonchev–Trinajstić information content (AvgIpc) is 2.36. The molecule has 0 bridgehead atoms. The second-order valence-electron chi connectivity index (χ2n) is 5.04. The molecule has 1 aromatic heterocycles. The predicted octanol–water partition coefficient (Wildman–Crippen LogP) is 4.69. The van der Waals surface area contributed by atoms with Crippen molar-refractivity contribution in [1.29, 1.82) is 0 Å². The van der Waals surface area contributed by atoms with Gasteiger partial charge < -0.3 is 4.98 Å². The number of H-pyrrole nitrogens is 1. The molecule has 0 aliphatic heterocycles. The molecule has 0 radical (unpaired) electrons. The molecule has 0 saturated heterocycles. The zero-order valence-electron chi connectivity index (χ0n) is 11.1. The number of benzene rings is 1. The molecular weight excluding hydrogens is 320 g/mol. The third-order valence-electron chi connectivity index (χ3n) is 2.81. The summed E-state index contributed by atoms with van der Waals surface area (Å²) in [5.74, 6) is 1.50. The number of nitrogens with zero attached hydrogens (tertiary/aromatic N) is 1. The van der Waals surface area contributed by atoms with Gasteiger partial charge in [0.25, 0.3) is 0 Å². The lowest BCUT2D eigenvalue weighted by atomic mass is 10.1. The zero-order chi connectivity index (χ0) is 13.8. The molecule has 2 nitrogen and oxygen atoms in total. The molecule has 2 rings (SSSR count). The number of nitrogens with one attached hydrogen (secondary N) is 1. The first-order valence-corrected chi connectivity index (χ1v) is 7.58. The number of aromatic amines is 1. The van der Waals surface area contributed by atoms with Gasteiger partial charge in [-0.3, -0.25) is 0 Å². The van der Waals surface area contributed by atoms with Crippen LogP contribution in [0.15, 0.2) is 34.8 Å². The standard InChI is InChI=1S/C15H17BrN2S/c1-10(2)8-12-14(16)15(19)18-13(17-12)9-11-6-4-3-5-7-11/h3-7,10H,8-9H2,1-2H3,(H,17,18,19). The second-order valence-corrected chi connectivity index (χ2v) is 6.22. The number of hydrogen-bond acceptors (Lipinski definition) is 2. The van der Waals surface area contributed by atoms with E-state index >= 15 is 0 Å². The number of rotatable bonds is 4. The molecule has 2 aromatic rings. The van der Waals surface area contributed by atoms with Crippen LogP contribution in [0.25, 0.3) is 0 Å². The molecule has 0 fully saturated rings. The van der Waals surface area contributed by atoms with E-state index in [0.717, 1.165) is 28.8 Å². The molecule has 1 aromatic carbocycles. The Labute approximate surface area is 127 Å². The van der Waals surface area contributed by atoms with Crippen LogP contribution in [0.3, 0.4) is 0 Å². The Bertz CT molecular complexity index is 605. The minimum absolute atomic E-state index is 0.578. The van der Waals surface area contributed by atoms with Crippen molar-refractivity contribution in [2.45, 2.75) is 26.7 Å². The van der Waals surface area contributed by atoms with Crippen LogP contribution in [0.2, 0.25) is 0 Å². The van der Waals surface area contributed by atoms with E-state index in [1.54, 1.807) is 0 Å². The van der Waals surface area contributed by atoms with Crippen LogP contribution in [-0.4, -0.2) is 9.97 Å². The van der Waals surface area contributed by atoms with Crippen LogP contribution in [0.4, 0.5) is 0 Å². The van der Waals surface area contributed by atoms with E-state index in [1.807, 2.05) is 18.2 Å². The van der Waals surface area contributed by atoms with Gasteiger partial charge in [0, 0.05) is 12.1 Å². The first kappa shape index (κ1) is 14.4. The number of aromatic nitrogens is 2. The monoisotopic (exact) mass is 336 g/mol. The smallest absolute Gasteiger partial charge is 0.144 e. The van der Waals surface area contributed by atoms with Crippen molar-refractivity contribution in [1.82, 2.24) is 9.97 Å². The summed E-state index contributed by atoms with van der Waals surface area (Å²) in [4.78, 5) is 7.86. The lowest BCUT2D eigenvalue weighted by molar-refractivity contribution is 0.628. The minimum atomic E-state index is 0.578. The molecular formula is C15H17BrN2S. The van der Waals surface area contributed by atoms with Gasteiger partial charge >= 0.3 is 0 Å². The zero-order valence-corrected chi connectivity index (χ0v) is 13.5. The second kappa shape index (κ2) is 6.44.